The van der Waals surface area contributed by atoms with Crippen molar-refractivity contribution in [2.45, 2.75) is 13.8 Å². The average molecular weight is 349 g/mol. The van der Waals surface area contributed by atoms with Crippen molar-refractivity contribution in [2.24, 2.45) is 0 Å². The van der Waals surface area contributed by atoms with Crippen LogP contribution in [0.25, 0.3) is 0 Å². The number of esters is 1. The molecule has 0 saturated heterocycles. The first-order chi connectivity index (χ1) is 12.7. The van der Waals surface area contributed by atoms with Gasteiger partial charge in [-0.05, 0) is 38.1 Å². The van der Waals surface area contributed by atoms with E-state index in [1.807, 2.05) is 37.3 Å². The van der Waals surface area contributed by atoms with Crippen LogP contribution in [-0.2, 0) is 4.74 Å². The van der Waals surface area contributed by atoms with Gasteiger partial charge in [-0.25, -0.2) is 4.79 Å². The fraction of sp³-hybridized carbons (Fsp3) is 0.158. The number of nitrogens with zero attached hydrogens (tertiary/aromatic N) is 3. The summed E-state index contributed by atoms with van der Waals surface area (Å²) in [6.07, 6.45) is 1.49. The zero-order valence-corrected chi connectivity index (χ0v) is 14.6. The van der Waals surface area contributed by atoms with Crippen molar-refractivity contribution in [1.29, 1.82) is 0 Å². The lowest BCUT2D eigenvalue weighted by molar-refractivity contribution is 0.0527. The lowest BCUT2D eigenvalue weighted by Crippen LogP contribution is -2.09. The minimum absolute atomic E-state index is 0.312. The standard InChI is InChI=1S/C19H19N5O2/c1-3-26-18(25)15-6-4-5-7-16(15)22-17-12-20-24-19(23-17)21-14-10-8-13(2)9-11-14/h4-12H,3H2,1-2H3,(H2,21,22,23,24). The monoisotopic (exact) mass is 349 g/mol. The molecule has 0 aliphatic heterocycles. The Morgan fingerprint density at radius 2 is 1.85 bits per heavy atom. The fourth-order valence-electron chi connectivity index (χ4n) is 2.30. The third-order valence-corrected chi connectivity index (χ3v) is 3.55. The molecular formula is C19H19N5O2. The van der Waals surface area contributed by atoms with E-state index in [2.05, 4.69) is 25.8 Å². The molecule has 0 amide bonds. The Kier molecular flexibility index (Phi) is 5.38. The van der Waals surface area contributed by atoms with Gasteiger partial charge in [0.25, 0.3) is 0 Å². The van der Waals surface area contributed by atoms with Gasteiger partial charge in [0.2, 0.25) is 5.95 Å². The molecule has 3 aromatic rings. The van der Waals surface area contributed by atoms with Gasteiger partial charge in [0.15, 0.2) is 5.82 Å². The van der Waals surface area contributed by atoms with Gasteiger partial charge < -0.3 is 15.4 Å². The molecule has 0 atom stereocenters. The Balaban J connectivity index is 1.79. The van der Waals surface area contributed by atoms with E-state index < -0.39 is 5.97 Å². The quantitative estimate of drug-likeness (QED) is 0.653. The van der Waals surface area contributed by atoms with E-state index in [1.165, 1.54) is 11.8 Å². The first-order valence-corrected chi connectivity index (χ1v) is 8.22. The smallest absolute Gasteiger partial charge is 0.340 e. The maximum Gasteiger partial charge on any atom is 0.340 e. The van der Waals surface area contributed by atoms with Gasteiger partial charge in [-0.15, -0.1) is 5.10 Å². The number of hydrogen-bond acceptors (Lipinski definition) is 7. The Labute approximate surface area is 151 Å². The normalized spacial score (nSPS) is 10.2. The van der Waals surface area contributed by atoms with E-state index in [9.17, 15) is 4.79 Å². The van der Waals surface area contributed by atoms with Gasteiger partial charge in [-0.1, -0.05) is 29.8 Å². The van der Waals surface area contributed by atoms with Crippen molar-refractivity contribution in [1.82, 2.24) is 15.2 Å². The first kappa shape index (κ1) is 17.3. The van der Waals surface area contributed by atoms with Crippen molar-refractivity contribution in [3.05, 3.63) is 65.9 Å². The van der Waals surface area contributed by atoms with Crippen molar-refractivity contribution in [3.63, 3.8) is 0 Å². The summed E-state index contributed by atoms with van der Waals surface area (Å²) in [4.78, 5) is 16.5. The summed E-state index contributed by atoms with van der Waals surface area (Å²) in [5, 5.41) is 14.1. The van der Waals surface area contributed by atoms with Crippen LogP contribution in [0.15, 0.2) is 54.7 Å². The lowest BCUT2D eigenvalue weighted by atomic mass is 10.2. The topological polar surface area (TPSA) is 89.0 Å². The number of ether oxygens (including phenoxy) is 1. The number of hydrogen-bond donors (Lipinski definition) is 2. The van der Waals surface area contributed by atoms with Crippen LogP contribution < -0.4 is 10.6 Å². The number of aryl methyl sites for hydroxylation is 1. The number of para-hydroxylation sites is 1. The Morgan fingerprint density at radius 1 is 1.08 bits per heavy atom. The molecule has 0 aliphatic rings. The Morgan fingerprint density at radius 3 is 2.62 bits per heavy atom. The molecule has 2 N–H and O–H groups in total. The summed E-state index contributed by atoms with van der Waals surface area (Å²) in [6, 6.07) is 14.9. The van der Waals surface area contributed by atoms with Gasteiger partial charge in [0.1, 0.15) is 0 Å². The lowest BCUT2D eigenvalue weighted by Gasteiger charge is -2.11. The summed E-state index contributed by atoms with van der Waals surface area (Å²) in [7, 11) is 0. The van der Waals surface area contributed by atoms with Crippen LogP contribution in [0, 0.1) is 6.92 Å². The first-order valence-electron chi connectivity index (χ1n) is 8.22. The van der Waals surface area contributed by atoms with Crippen LogP contribution in [0.3, 0.4) is 0 Å². The Bertz CT molecular complexity index is 896. The molecule has 0 spiro atoms. The molecule has 0 fully saturated rings. The number of benzene rings is 2. The third-order valence-electron chi connectivity index (χ3n) is 3.55. The number of carbonyl (C=O) groups excluding carboxylic acids is 1. The molecule has 0 saturated carbocycles. The molecule has 0 radical (unpaired) electrons. The molecule has 2 aromatic carbocycles. The molecule has 7 nitrogen and oxygen atoms in total. The van der Waals surface area contributed by atoms with E-state index in [4.69, 9.17) is 4.74 Å². The van der Waals surface area contributed by atoms with Crippen molar-refractivity contribution >= 4 is 29.1 Å². The highest BCUT2D eigenvalue weighted by molar-refractivity contribution is 5.96. The summed E-state index contributed by atoms with van der Waals surface area (Å²) in [5.74, 6) is 0.425. The molecule has 1 aromatic heterocycles. The zero-order chi connectivity index (χ0) is 18.4. The molecular weight excluding hydrogens is 330 g/mol. The van der Waals surface area contributed by atoms with Gasteiger partial charge in [0, 0.05) is 5.69 Å². The molecule has 3 rings (SSSR count). The predicted octanol–water partition coefficient (Wildman–Crippen LogP) is 3.84. The minimum Gasteiger partial charge on any atom is -0.462 e. The van der Waals surface area contributed by atoms with E-state index in [0.29, 0.717) is 29.6 Å². The van der Waals surface area contributed by atoms with Crippen LogP contribution in [0.5, 0.6) is 0 Å². The SMILES string of the molecule is CCOC(=O)c1ccccc1Nc1cnnc(Nc2ccc(C)cc2)n1. The third kappa shape index (κ3) is 4.32. The van der Waals surface area contributed by atoms with Crippen LogP contribution in [0.2, 0.25) is 0 Å². The maximum atomic E-state index is 12.1. The van der Waals surface area contributed by atoms with Gasteiger partial charge in [-0.3, -0.25) is 0 Å². The summed E-state index contributed by atoms with van der Waals surface area (Å²) in [6.45, 7) is 4.10. The summed E-state index contributed by atoms with van der Waals surface area (Å²) in [5.41, 5.74) is 3.05. The van der Waals surface area contributed by atoms with E-state index in [0.717, 1.165) is 5.69 Å². The van der Waals surface area contributed by atoms with E-state index in [-0.39, 0.29) is 0 Å². The number of nitrogens with one attached hydrogen (secondary N) is 2. The van der Waals surface area contributed by atoms with Gasteiger partial charge >= 0.3 is 5.97 Å². The number of rotatable bonds is 6. The van der Waals surface area contributed by atoms with Crippen molar-refractivity contribution in [3.8, 4) is 0 Å². The molecule has 26 heavy (non-hydrogen) atoms. The van der Waals surface area contributed by atoms with E-state index in [1.54, 1.807) is 25.1 Å². The average Bonchev–Trinajstić information content (AvgIpc) is 2.65. The van der Waals surface area contributed by atoms with Crippen molar-refractivity contribution < 1.29 is 9.53 Å². The molecule has 132 valence electrons. The number of carbonyl (C=O) groups is 1. The van der Waals surface area contributed by atoms with E-state index >= 15 is 0 Å². The molecule has 1 heterocycles. The van der Waals surface area contributed by atoms with Gasteiger partial charge in [0.05, 0.1) is 24.1 Å². The van der Waals surface area contributed by atoms with Crippen LogP contribution in [-0.4, -0.2) is 27.8 Å². The van der Waals surface area contributed by atoms with Crippen LogP contribution in [0.4, 0.5) is 23.1 Å². The largest absolute Gasteiger partial charge is 0.462 e. The number of anilines is 4. The summed E-state index contributed by atoms with van der Waals surface area (Å²) < 4.78 is 5.08. The van der Waals surface area contributed by atoms with Gasteiger partial charge in [-0.2, -0.15) is 10.1 Å². The highest BCUT2D eigenvalue weighted by Crippen LogP contribution is 2.21. The molecule has 7 heteroatoms. The molecule has 0 unspecified atom stereocenters. The van der Waals surface area contributed by atoms with Crippen LogP contribution in [0.1, 0.15) is 22.8 Å². The summed E-state index contributed by atoms with van der Waals surface area (Å²) >= 11 is 0. The zero-order valence-electron chi connectivity index (χ0n) is 14.6. The number of aromatic nitrogens is 3. The van der Waals surface area contributed by atoms with Crippen LogP contribution >= 0.6 is 0 Å². The Hall–Kier alpha value is -3.48. The second kappa shape index (κ2) is 8.06. The maximum absolute atomic E-state index is 12.1. The molecule has 0 aliphatic carbocycles. The highest BCUT2D eigenvalue weighted by Gasteiger charge is 2.12. The fourth-order valence-corrected chi connectivity index (χ4v) is 2.30. The highest BCUT2D eigenvalue weighted by atomic mass is 16.5. The van der Waals surface area contributed by atoms with Crippen molar-refractivity contribution in [2.75, 3.05) is 17.2 Å². The molecule has 0 bridgehead atoms. The predicted molar refractivity (Wildman–Crippen MR) is 100.0 cm³/mol. The second-order valence-electron chi connectivity index (χ2n) is 5.55. The minimum atomic E-state index is -0.393. The second-order valence-corrected chi connectivity index (χ2v) is 5.55.